The van der Waals surface area contributed by atoms with E-state index in [2.05, 4.69) is 14.6 Å². The number of aromatic nitrogens is 1. The Morgan fingerprint density at radius 3 is 2.24 bits per heavy atom. The average Bonchev–Trinajstić information content (AvgIpc) is 2.79. The van der Waals surface area contributed by atoms with Crippen molar-refractivity contribution in [1.82, 2.24) is 14.6 Å². The van der Waals surface area contributed by atoms with Gasteiger partial charge in [-0.15, -0.1) is 0 Å². The average molecular weight is 502 g/mol. The summed E-state index contributed by atoms with van der Waals surface area (Å²) < 4.78 is 28.9. The van der Waals surface area contributed by atoms with Crippen LogP contribution in [-0.4, -0.2) is 42.0 Å². The monoisotopic (exact) mass is 501 g/mol. The van der Waals surface area contributed by atoms with E-state index in [9.17, 15) is 13.2 Å². The molecule has 3 aromatic rings. The maximum absolute atomic E-state index is 13.0. The van der Waals surface area contributed by atoms with Crippen LogP contribution < -0.4 is 4.72 Å². The van der Waals surface area contributed by atoms with Crippen molar-refractivity contribution in [1.29, 1.82) is 0 Å². The van der Waals surface area contributed by atoms with Gasteiger partial charge in [-0.3, -0.25) is 9.88 Å². The lowest BCUT2D eigenvalue weighted by molar-refractivity contribution is 0.0697. The van der Waals surface area contributed by atoms with Gasteiger partial charge in [-0.1, -0.05) is 43.6 Å². The van der Waals surface area contributed by atoms with E-state index in [4.69, 9.17) is 16.7 Å². The van der Waals surface area contributed by atoms with E-state index in [-0.39, 0.29) is 22.4 Å². The van der Waals surface area contributed by atoms with E-state index < -0.39 is 16.0 Å². The number of aromatic carboxylic acids is 1. The van der Waals surface area contributed by atoms with Gasteiger partial charge in [0, 0.05) is 43.1 Å². The molecule has 34 heavy (non-hydrogen) atoms. The summed E-state index contributed by atoms with van der Waals surface area (Å²) >= 11 is 5.91. The second-order valence-electron chi connectivity index (χ2n) is 8.46. The molecule has 0 aliphatic carbocycles. The number of hydrogen-bond donors (Lipinski definition) is 2. The van der Waals surface area contributed by atoms with Gasteiger partial charge >= 0.3 is 5.97 Å². The van der Waals surface area contributed by atoms with Crippen LogP contribution in [0.5, 0.6) is 0 Å². The SMILES string of the molecule is CC(C)C(CN(Cc1ccc(C(=O)O)cc1)Cc1cccnc1)NS(=O)(=O)c1ccc(Cl)cc1. The topological polar surface area (TPSA) is 99.6 Å². The molecule has 7 nitrogen and oxygen atoms in total. The van der Waals surface area contributed by atoms with Crippen LogP contribution in [0.4, 0.5) is 0 Å². The number of halogens is 1. The Morgan fingerprint density at radius 2 is 1.68 bits per heavy atom. The minimum Gasteiger partial charge on any atom is -0.478 e. The van der Waals surface area contributed by atoms with Crippen molar-refractivity contribution < 1.29 is 18.3 Å². The zero-order valence-electron chi connectivity index (χ0n) is 19.1. The Morgan fingerprint density at radius 1 is 1.03 bits per heavy atom. The molecule has 0 saturated carbocycles. The minimum atomic E-state index is -3.74. The van der Waals surface area contributed by atoms with E-state index in [1.807, 2.05) is 26.0 Å². The number of rotatable bonds is 11. The lowest BCUT2D eigenvalue weighted by atomic mass is 10.0. The molecule has 0 aliphatic rings. The molecule has 1 heterocycles. The van der Waals surface area contributed by atoms with Gasteiger partial charge in [-0.2, -0.15) is 0 Å². The van der Waals surface area contributed by atoms with Crippen molar-refractivity contribution in [2.24, 2.45) is 5.92 Å². The summed E-state index contributed by atoms with van der Waals surface area (Å²) in [5.41, 5.74) is 2.14. The van der Waals surface area contributed by atoms with Gasteiger partial charge < -0.3 is 5.11 Å². The van der Waals surface area contributed by atoms with Crippen LogP contribution in [0, 0.1) is 5.92 Å². The maximum Gasteiger partial charge on any atom is 0.335 e. The number of carbonyl (C=O) groups is 1. The first-order valence-electron chi connectivity index (χ1n) is 10.9. The molecular formula is C25H28ClN3O4S. The van der Waals surface area contributed by atoms with Crippen LogP contribution in [0.1, 0.15) is 35.3 Å². The number of carboxylic acid groups (broad SMARTS) is 1. The van der Waals surface area contributed by atoms with Crippen LogP contribution in [0.25, 0.3) is 0 Å². The van der Waals surface area contributed by atoms with Crippen LogP contribution in [0.2, 0.25) is 5.02 Å². The Kier molecular flexibility index (Phi) is 8.79. The summed E-state index contributed by atoms with van der Waals surface area (Å²) in [5, 5.41) is 9.63. The van der Waals surface area contributed by atoms with Crippen LogP contribution in [-0.2, 0) is 23.1 Å². The van der Waals surface area contributed by atoms with Crippen molar-refractivity contribution in [3.63, 3.8) is 0 Å². The molecule has 0 amide bonds. The van der Waals surface area contributed by atoms with Crippen LogP contribution in [0.3, 0.4) is 0 Å². The first-order chi connectivity index (χ1) is 16.1. The van der Waals surface area contributed by atoms with Gasteiger partial charge in [0.15, 0.2) is 0 Å². The summed E-state index contributed by atoms with van der Waals surface area (Å²) in [7, 11) is -3.74. The number of hydrogen-bond acceptors (Lipinski definition) is 5. The van der Waals surface area contributed by atoms with Gasteiger partial charge in [0.25, 0.3) is 0 Å². The number of pyridine rings is 1. The fourth-order valence-electron chi connectivity index (χ4n) is 3.49. The molecule has 0 radical (unpaired) electrons. The Bertz CT molecular complexity index is 1190. The van der Waals surface area contributed by atoms with Crippen molar-refractivity contribution in [3.05, 3.63) is 94.8 Å². The second-order valence-corrected chi connectivity index (χ2v) is 10.6. The largest absolute Gasteiger partial charge is 0.478 e. The van der Waals surface area contributed by atoms with E-state index in [0.29, 0.717) is 24.7 Å². The van der Waals surface area contributed by atoms with Crippen molar-refractivity contribution in [2.45, 2.75) is 37.9 Å². The van der Waals surface area contributed by atoms with Gasteiger partial charge in [-0.05, 0) is 59.5 Å². The molecule has 1 atom stereocenters. The van der Waals surface area contributed by atoms with Crippen molar-refractivity contribution in [2.75, 3.05) is 6.54 Å². The number of sulfonamides is 1. The summed E-state index contributed by atoms with van der Waals surface area (Å²) in [6, 6.07) is 16.2. The predicted molar refractivity (Wildman–Crippen MR) is 132 cm³/mol. The van der Waals surface area contributed by atoms with E-state index in [0.717, 1.165) is 11.1 Å². The molecule has 180 valence electrons. The third-order valence-corrected chi connectivity index (χ3v) is 7.18. The molecular weight excluding hydrogens is 474 g/mol. The summed E-state index contributed by atoms with van der Waals surface area (Å²) in [5.74, 6) is -0.955. The third kappa shape index (κ3) is 7.36. The fraction of sp³-hybridized carbons (Fsp3) is 0.280. The van der Waals surface area contributed by atoms with Crippen molar-refractivity contribution in [3.8, 4) is 0 Å². The normalized spacial score (nSPS) is 12.7. The summed E-state index contributed by atoms with van der Waals surface area (Å²) in [6.07, 6.45) is 3.48. The highest BCUT2D eigenvalue weighted by Gasteiger charge is 2.25. The lowest BCUT2D eigenvalue weighted by Gasteiger charge is -2.30. The minimum absolute atomic E-state index is 0.0212. The molecule has 3 rings (SSSR count). The molecule has 2 N–H and O–H groups in total. The Labute approximate surface area is 205 Å². The highest BCUT2D eigenvalue weighted by Crippen LogP contribution is 2.18. The molecule has 0 aliphatic heterocycles. The molecule has 1 aromatic heterocycles. The number of benzene rings is 2. The number of nitrogens with zero attached hydrogens (tertiary/aromatic N) is 2. The standard InChI is InChI=1S/C25H28ClN3O4S/c1-18(2)24(28-34(32,33)23-11-9-22(26)10-12-23)17-29(16-20-4-3-13-27-14-20)15-19-5-7-21(8-6-19)25(30)31/h3-14,18,24,28H,15-17H2,1-2H3,(H,30,31). The molecule has 0 spiro atoms. The van der Waals surface area contributed by atoms with Gasteiger partial charge in [0.1, 0.15) is 0 Å². The molecule has 2 aromatic carbocycles. The highest BCUT2D eigenvalue weighted by molar-refractivity contribution is 7.89. The van der Waals surface area contributed by atoms with Gasteiger partial charge in [0.05, 0.1) is 10.5 Å². The molecule has 9 heteroatoms. The summed E-state index contributed by atoms with van der Waals surface area (Å²) in [6.45, 7) is 5.46. The van der Waals surface area contributed by atoms with E-state index >= 15 is 0 Å². The number of carboxylic acids is 1. The van der Waals surface area contributed by atoms with Gasteiger partial charge in [-0.25, -0.2) is 17.9 Å². The Balaban J connectivity index is 1.82. The molecule has 0 fully saturated rings. The van der Waals surface area contributed by atoms with E-state index in [1.54, 1.807) is 48.8 Å². The van der Waals surface area contributed by atoms with Crippen LogP contribution in [0.15, 0.2) is 78.0 Å². The number of nitrogens with one attached hydrogen (secondary N) is 1. The first kappa shape index (κ1) is 25.8. The zero-order valence-corrected chi connectivity index (χ0v) is 20.6. The smallest absolute Gasteiger partial charge is 0.335 e. The zero-order chi connectivity index (χ0) is 24.7. The van der Waals surface area contributed by atoms with Crippen molar-refractivity contribution >= 4 is 27.6 Å². The Hall–Kier alpha value is -2.78. The molecule has 1 unspecified atom stereocenters. The van der Waals surface area contributed by atoms with E-state index in [1.165, 1.54) is 12.1 Å². The lowest BCUT2D eigenvalue weighted by Crippen LogP contribution is -2.46. The quantitative estimate of drug-likeness (QED) is 0.403. The highest BCUT2D eigenvalue weighted by atomic mass is 35.5. The van der Waals surface area contributed by atoms with Gasteiger partial charge in [0.2, 0.25) is 10.0 Å². The first-order valence-corrected chi connectivity index (χ1v) is 12.7. The summed E-state index contributed by atoms with van der Waals surface area (Å²) in [4.78, 5) is 17.6. The second kappa shape index (κ2) is 11.6. The third-order valence-electron chi connectivity index (χ3n) is 5.43. The molecule has 0 bridgehead atoms. The fourth-order valence-corrected chi connectivity index (χ4v) is 4.99. The van der Waals surface area contributed by atoms with Crippen LogP contribution >= 0.6 is 11.6 Å². The molecule has 0 saturated heterocycles. The maximum atomic E-state index is 13.0. The predicted octanol–water partition coefficient (Wildman–Crippen LogP) is 4.44.